The van der Waals surface area contributed by atoms with Crippen LogP contribution in [0.3, 0.4) is 0 Å². The number of rotatable bonds is 5. The lowest BCUT2D eigenvalue weighted by Crippen LogP contribution is -2.49. The van der Waals surface area contributed by atoms with E-state index < -0.39 is 0 Å². The van der Waals surface area contributed by atoms with Crippen molar-refractivity contribution in [2.75, 3.05) is 33.0 Å². The van der Waals surface area contributed by atoms with E-state index in [1.807, 2.05) is 25.7 Å². The fourth-order valence-corrected chi connectivity index (χ4v) is 3.85. The number of thioether (sulfide) groups is 1. The van der Waals surface area contributed by atoms with E-state index in [1.165, 1.54) is 0 Å². The zero-order valence-corrected chi connectivity index (χ0v) is 14.2. The van der Waals surface area contributed by atoms with Crippen LogP contribution in [0, 0.1) is 0 Å². The third kappa shape index (κ3) is 3.02. The van der Waals surface area contributed by atoms with Gasteiger partial charge < -0.3 is 10.1 Å². The second kappa shape index (κ2) is 6.22. The van der Waals surface area contributed by atoms with Gasteiger partial charge in [0.05, 0.1) is 29.7 Å². The third-order valence-electron chi connectivity index (χ3n) is 4.64. The number of morpholine rings is 1. The summed E-state index contributed by atoms with van der Waals surface area (Å²) in [6.45, 7) is 2.13. The van der Waals surface area contributed by atoms with Crippen molar-refractivity contribution in [3.63, 3.8) is 0 Å². The molecular weight excluding hydrogens is 300 g/mol. The molecule has 122 valence electrons. The van der Waals surface area contributed by atoms with Crippen molar-refractivity contribution in [3.05, 3.63) is 18.0 Å². The van der Waals surface area contributed by atoms with E-state index in [4.69, 9.17) is 4.74 Å². The molecule has 1 aliphatic heterocycles. The maximum Gasteiger partial charge on any atom is 0.236 e. The quantitative estimate of drug-likeness (QED) is 0.868. The summed E-state index contributed by atoms with van der Waals surface area (Å²) in [5.74, 6) is 0.154. The number of ether oxygens (including phenoxy) is 1. The van der Waals surface area contributed by atoms with Gasteiger partial charge in [-0.2, -0.15) is 5.10 Å². The highest BCUT2D eigenvalue weighted by Crippen LogP contribution is 2.47. The van der Waals surface area contributed by atoms with Gasteiger partial charge in [0.25, 0.3) is 0 Å². The van der Waals surface area contributed by atoms with Crippen LogP contribution in [0.1, 0.15) is 24.4 Å². The summed E-state index contributed by atoms with van der Waals surface area (Å²) < 4.78 is 7.57. The van der Waals surface area contributed by atoms with E-state index in [0.29, 0.717) is 13.2 Å². The summed E-state index contributed by atoms with van der Waals surface area (Å²) >= 11 is 1.66. The number of aryl methyl sites for hydroxylation is 1. The van der Waals surface area contributed by atoms with Gasteiger partial charge in [0.1, 0.15) is 0 Å². The molecule has 0 bridgehead atoms. The molecule has 0 radical (unpaired) electrons. The summed E-state index contributed by atoms with van der Waals surface area (Å²) in [6, 6.07) is 0.132. The summed E-state index contributed by atoms with van der Waals surface area (Å²) in [4.78, 5) is 14.6. The average Bonchev–Trinajstić information content (AvgIpc) is 3.21. The van der Waals surface area contributed by atoms with Crippen LogP contribution in [-0.2, 0) is 16.6 Å². The molecule has 1 saturated heterocycles. The van der Waals surface area contributed by atoms with Gasteiger partial charge >= 0.3 is 0 Å². The minimum Gasteiger partial charge on any atom is -0.373 e. The van der Waals surface area contributed by atoms with E-state index in [-0.39, 0.29) is 22.8 Å². The number of hydrogen-bond acceptors (Lipinski definition) is 5. The molecule has 1 aliphatic carbocycles. The van der Waals surface area contributed by atoms with E-state index in [9.17, 15) is 4.79 Å². The number of hydrogen-bond donors (Lipinski definition) is 1. The van der Waals surface area contributed by atoms with Crippen molar-refractivity contribution in [1.29, 1.82) is 0 Å². The van der Waals surface area contributed by atoms with Gasteiger partial charge in [-0.15, -0.1) is 11.8 Å². The Morgan fingerprint density at radius 2 is 2.32 bits per heavy atom. The first-order valence-corrected chi connectivity index (χ1v) is 8.92. The van der Waals surface area contributed by atoms with Crippen molar-refractivity contribution in [1.82, 2.24) is 20.0 Å². The number of aromatic nitrogens is 2. The maximum absolute atomic E-state index is 12.3. The summed E-state index contributed by atoms with van der Waals surface area (Å²) in [5, 5.41) is 7.36. The minimum absolute atomic E-state index is 0.0374. The molecule has 2 atom stereocenters. The highest BCUT2D eigenvalue weighted by atomic mass is 32.2. The largest absolute Gasteiger partial charge is 0.373 e. The number of nitrogens with zero attached hydrogens (tertiary/aromatic N) is 3. The van der Waals surface area contributed by atoms with Crippen LogP contribution in [0.2, 0.25) is 0 Å². The molecule has 2 heterocycles. The van der Waals surface area contributed by atoms with Crippen molar-refractivity contribution < 1.29 is 9.53 Å². The Labute approximate surface area is 135 Å². The zero-order chi connectivity index (χ0) is 15.7. The average molecular weight is 324 g/mol. The summed E-state index contributed by atoms with van der Waals surface area (Å²) in [5.41, 5.74) is 1.13. The fourth-order valence-electron chi connectivity index (χ4n) is 3.09. The Balaban J connectivity index is 1.66. The Morgan fingerprint density at radius 3 is 2.91 bits per heavy atom. The number of carbonyl (C=O) groups excluding carboxylic acids is 1. The lowest BCUT2D eigenvalue weighted by molar-refractivity contribution is -0.123. The van der Waals surface area contributed by atoms with Crippen molar-refractivity contribution in [2.45, 2.75) is 29.7 Å². The highest BCUT2D eigenvalue weighted by Gasteiger charge is 2.49. The molecule has 1 N–H and O–H groups in total. The van der Waals surface area contributed by atoms with E-state index in [2.05, 4.69) is 22.4 Å². The molecule has 2 fully saturated rings. The SMILES string of the molecule is CSC1(C(=O)NC[C@@H]2OCCN(C)[C@H]2c2cnn(C)c2)CC1. The Kier molecular flexibility index (Phi) is 4.47. The standard InChI is InChI=1S/C15H24N4O2S/c1-18-6-7-21-12(13(18)11-8-17-19(2)10-11)9-16-14(20)15(22-3)4-5-15/h8,10,12-13H,4-7,9H2,1-3H3,(H,16,20)/t12-,13-/m0/s1. The molecule has 6 nitrogen and oxygen atoms in total. The first-order chi connectivity index (χ1) is 10.6. The van der Waals surface area contributed by atoms with Crippen LogP contribution in [0.15, 0.2) is 12.4 Å². The maximum atomic E-state index is 12.3. The van der Waals surface area contributed by atoms with Crippen LogP contribution in [0.25, 0.3) is 0 Å². The molecule has 1 aromatic rings. The highest BCUT2D eigenvalue weighted by molar-refractivity contribution is 8.01. The van der Waals surface area contributed by atoms with Crippen LogP contribution in [0.5, 0.6) is 0 Å². The fraction of sp³-hybridized carbons (Fsp3) is 0.733. The van der Waals surface area contributed by atoms with Crippen molar-refractivity contribution >= 4 is 17.7 Å². The van der Waals surface area contributed by atoms with Gasteiger partial charge in [-0.1, -0.05) is 0 Å². The Hall–Kier alpha value is -1.05. The lowest BCUT2D eigenvalue weighted by Gasteiger charge is -2.38. The van der Waals surface area contributed by atoms with Crippen molar-refractivity contribution in [2.24, 2.45) is 7.05 Å². The Morgan fingerprint density at radius 1 is 1.55 bits per heavy atom. The molecule has 0 unspecified atom stereocenters. The first kappa shape index (κ1) is 15.8. The smallest absolute Gasteiger partial charge is 0.236 e. The molecule has 3 rings (SSSR count). The lowest BCUT2D eigenvalue weighted by atomic mass is 10.0. The normalized spacial score (nSPS) is 27.6. The summed E-state index contributed by atoms with van der Waals surface area (Å²) in [7, 11) is 4.01. The number of nitrogens with one attached hydrogen (secondary N) is 1. The molecule has 7 heteroatoms. The molecule has 0 spiro atoms. The van der Waals surface area contributed by atoms with Gasteiger partial charge in [-0.3, -0.25) is 14.4 Å². The molecule has 22 heavy (non-hydrogen) atoms. The van der Waals surface area contributed by atoms with Crippen LogP contribution >= 0.6 is 11.8 Å². The topological polar surface area (TPSA) is 59.4 Å². The Bertz CT molecular complexity index is 543. The van der Waals surface area contributed by atoms with Crippen LogP contribution in [-0.4, -0.2) is 64.4 Å². The van der Waals surface area contributed by atoms with Crippen LogP contribution in [0.4, 0.5) is 0 Å². The number of likely N-dealkylation sites (N-methyl/N-ethyl adjacent to an activating group) is 1. The van der Waals surface area contributed by atoms with E-state index in [0.717, 1.165) is 24.9 Å². The van der Waals surface area contributed by atoms with Gasteiger partial charge in [-0.05, 0) is 26.1 Å². The monoisotopic (exact) mass is 324 g/mol. The van der Waals surface area contributed by atoms with Crippen LogP contribution < -0.4 is 5.32 Å². The number of amides is 1. The molecule has 1 aromatic heterocycles. The van der Waals surface area contributed by atoms with Gasteiger partial charge in [0.15, 0.2) is 0 Å². The molecular formula is C15H24N4O2S. The van der Waals surface area contributed by atoms with E-state index >= 15 is 0 Å². The summed E-state index contributed by atoms with van der Waals surface area (Å²) in [6.07, 6.45) is 7.85. The predicted octanol–water partition coefficient (Wildman–Crippen LogP) is 0.804. The molecule has 1 saturated carbocycles. The van der Waals surface area contributed by atoms with Gasteiger partial charge in [0.2, 0.25) is 5.91 Å². The molecule has 1 amide bonds. The first-order valence-electron chi connectivity index (χ1n) is 7.69. The van der Waals surface area contributed by atoms with E-state index in [1.54, 1.807) is 16.4 Å². The van der Waals surface area contributed by atoms with Gasteiger partial charge in [-0.25, -0.2) is 0 Å². The second-order valence-electron chi connectivity index (χ2n) is 6.19. The molecule has 2 aliphatic rings. The van der Waals surface area contributed by atoms with Crippen molar-refractivity contribution in [3.8, 4) is 0 Å². The molecule has 0 aromatic carbocycles. The number of carbonyl (C=O) groups is 1. The third-order valence-corrected chi connectivity index (χ3v) is 6.02. The van der Waals surface area contributed by atoms with Gasteiger partial charge in [0, 0.05) is 31.9 Å². The minimum atomic E-state index is -0.176. The zero-order valence-electron chi connectivity index (χ0n) is 13.4. The predicted molar refractivity (Wildman–Crippen MR) is 86.8 cm³/mol. The second-order valence-corrected chi connectivity index (χ2v) is 7.38.